The Morgan fingerprint density at radius 2 is 1.91 bits per heavy atom. The molecule has 2 atom stereocenters. The molecule has 1 aliphatic carbocycles. The summed E-state index contributed by atoms with van der Waals surface area (Å²) in [7, 11) is 0. The summed E-state index contributed by atoms with van der Waals surface area (Å²) in [6.07, 6.45) is 4.79. The average molecular weight is 312 g/mol. The van der Waals surface area contributed by atoms with Gasteiger partial charge in [-0.3, -0.25) is 0 Å². The number of alkyl carbamates (subject to hydrolysis) is 1. The van der Waals surface area contributed by atoms with Crippen LogP contribution in [0.25, 0.3) is 0 Å². The molecule has 1 saturated carbocycles. The van der Waals surface area contributed by atoms with Gasteiger partial charge in [-0.2, -0.15) is 0 Å². The fourth-order valence-corrected chi connectivity index (χ4v) is 3.06. The van der Waals surface area contributed by atoms with Gasteiger partial charge in [-0.1, -0.05) is 40.5 Å². The van der Waals surface area contributed by atoms with E-state index in [4.69, 9.17) is 4.74 Å². The van der Waals surface area contributed by atoms with Crippen molar-refractivity contribution >= 4 is 6.09 Å². The topological polar surface area (TPSA) is 50.4 Å². The van der Waals surface area contributed by atoms with Crippen molar-refractivity contribution in [1.29, 1.82) is 0 Å². The fourth-order valence-electron chi connectivity index (χ4n) is 3.06. The molecule has 1 amide bonds. The molecule has 4 nitrogen and oxygen atoms in total. The summed E-state index contributed by atoms with van der Waals surface area (Å²) < 4.78 is 5.32. The largest absolute Gasteiger partial charge is 0.444 e. The van der Waals surface area contributed by atoms with Gasteiger partial charge in [0.15, 0.2) is 0 Å². The maximum Gasteiger partial charge on any atom is 0.407 e. The van der Waals surface area contributed by atoms with E-state index in [1.807, 2.05) is 20.8 Å². The standard InChI is InChI=1S/C18H36N2O2/c1-13(2)14(12-19-16(21)22-17(3,4)5)20-15-10-8-9-11-18(15,6)7/h13-15,20H,8-12H2,1-7H3,(H,19,21). The van der Waals surface area contributed by atoms with E-state index >= 15 is 0 Å². The van der Waals surface area contributed by atoms with Crippen LogP contribution in [0.1, 0.15) is 74.1 Å². The molecule has 0 heterocycles. The highest BCUT2D eigenvalue weighted by Crippen LogP contribution is 2.35. The Balaban J connectivity index is 2.53. The summed E-state index contributed by atoms with van der Waals surface area (Å²) in [5.41, 5.74) is -0.118. The third kappa shape index (κ3) is 6.55. The fraction of sp³-hybridized carbons (Fsp3) is 0.944. The molecule has 0 aromatic rings. The zero-order valence-corrected chi connectivity index (χ0v) is 15.6. The molecule has 0 saturated heterocycles. The Labute approximate surface area is 136 Å². The second kappa shape index (κ2) is 7.67. The minimum atomic E-state index is -0.448. The SMILES string of the molecule is CC(C)C(CNC(=O)OC(C)(C)C)NC1CCCCC1(C)C. The van der Waals surface area contributed by atoms with E-state index in [1.165, 1.54) is 25.7 Å². The first-order valence-electron chi connectivity index (χ1n) is 8.74. The van der Waals surface area contributed by atoms with Gasteiger partial charge in [-0.05, 0) is 44.9 Å². The maximum absolute atomic E-state index is 11.8. The predicted octanol–water partition coefficient (Wildman–Crippen LogP) is 4.09. The van der Waals surface area contributed by atoms with Gasteiger partial charge in [0.05, 0.1) is 0 Å². The van der Waals surface area contributed by atoms with Gasteiger partial charge in [0.2, 0.25) is 0 Å². The Hall–Kier alpha value is -0.770. The van der Waals surface area contributed by atoms with Crippen molar-refractivity contribution in [2.75, 3.05) is 6.54 Å². The zero-order chi connectivity index (χ0) is 17.0. The van der Waals surface area contributed by atoms with Crippen LogP contribution in [-0.4, -0.2) is 30.3 Å². The number of hydrogen-bond acceptors (Lipinski definition) is 3. The van der Waals surface area contributed by atoms with Gasteiger partial charge < -0.3 is 15.4 Å². The number of hydrogen-bond donors (Lipinski definition) is 2. The van der Waals surface area contributed by atoms with Crippen LogP contribution in [0.4, 0.5) is 4.79 Å². The number of carbonyl (C=O) groups excluding carboxylic acids is 1. The molecule has 0 aromatic heterocycles. The highest BCUT2D eigenvalue weighted by Gasteiger charge is 2.34. The summed E-state index contributed by atoms with van der Waals surface area (Å²) in [5.74, 6) is 0.465. The lowest BCUT2D eigenvalue weighted by Crippen LogP contribution is -2.54. The van der Waals surface area contributed by atoms with Crippen molar-refractivity contribution in [3.05, 3.63) is 0 Å². The molecular formula is C18H36N2O2. The van der Waals surface area contributed by atoms with Crippen molar-refractivity contribution in [3.8, 4) is 0 Å². The summed E-state index contributed by atoms with van der Waals surface area (Å²) in [6, 6.07) is 0.795. The lowest BCUT2D eigenvalue weighted by molar-refractivity contribution is 0.0513. The first-order valence-corrected chi connectivity index (χ1v) is 8.74. The Morgan fingerprint density at radius 1 is 1.27 bits per heavy atom. The van der Waals surface area contributed by atoms with Gasteiger partial charge in [0.25, 0.3) is 0 Å². The van der Waals surface area contributed by atoms with Gasteiger partial charge >= 0.3 is 6.09 Å². The van der Waals surface area contributed by atoms with Crippen LogP contribution in [0.5, 0.6) is 0 Å². The molecule has 0 radical (unpaired) electrons. The summed E-state index contributed by atoms with van der Waals surface area (Å²) in [6.45, 7) is 15.4. The van der Waals surface area contributed by atoms with Crippen LogP contribution in [0.3, 0.4) is 0 Å². The lowest BCUT2D eigenvalue weighted by atomic mass is 9.73. The van der Waals surface area contributed by atoms with E-state index in [0.29, 0.717) is 23.9 Å². The number of nitrogens with one attached hydrogen (secondary N) is 2. The van der Waals surface area contributed by atoms with Crippen molar-refractivity contribution in [2.45, 2.75) is 91.8 Å². The molecule has 0 aromatic carbocycles. The molecule has 2 unspecified atom stereocenters. The molecule has 0 spiro atoms. The minimum Gasteiger partial charge on any atom is -0.444 e. The molecular weight excluding hydrogens is 276 g/mol. The second-order valence-electron chi connectivity index (χ2n) is 8.69. The van der Waals surface area contributed by atoms with Crippen LogP contribution >= 0.6 is 0 Å². The molecule has 130 valence electrons. The van der Waals surface area contributed by atoms with E-state index in [1.54, 1.807) is 0 Å². The first kappa shape index (κ1) is 19.3. The van der Waals surface area contributed by atoms with E-state index < -0.39 is 5.60 Å². The van der Waals surface area contributed by atoms with Crippen LogP contribution in [-0.2, 0) is 4.74 Å². The highest BCUT2D eigenvalue weighted by molar-refractivity contribution is 5.67. The van der Waals surface area contributed by atoms with Gasteiger partial charge in [0.1, 0.15) is 5.60 Å². The van der Waals surface area contributed by atoms with Crippen molar-refractivity contribution < 1.29 is 9.53 Å². The predicted molar refractivity (Wildman–Crippen MR) is 92.0 cm³/mol. The van der Waals surface area contributed by atoms with Crippen LogP contribution in [0, 0.1) is 11.3 Å². The molecule has 0 aliphatic heterocycles. The third-order valence-corrected chi connectivity index (χ3v) is 4.59. The van der Waals surface area contributed by atoms with Crippen molar-refractivity contribution in [1.82, 2.24) is 10.6 Å². The summed E-state index contributed by atoms with van der Waals surface area (Å²) >= 11 is 0. The van der Waals surface area contributed by atoms with Crippen molar-refractivity contribution in [2.24, 2.45) is 11.3 Å². The normalized spacial score (nSPS) is 23.2. The minimum absolute atomic E-state index is 0.273. The van der Waals surface area contributed by atoms with Gasteiger partial charge in [-0.15, -0.1) is 0 Å². The Morgan fingerprint density at radius 3 is 2.41 bits per heavy atom. The van der Waals surface area contributed by atoms with Crippen LogP contribution in [0.15, 0.2) is 0 Å². The molecule has 4 heteroatoms. The van der Waals surface area contributed by atoms with E-state index in [2.05, 4.69) is 38.3 Å². The number of amides is 1. The lowest BCUT2D eigenvalue weighted by Gasteiger charge is -2.42. The van der Waals surface area contributed by atoms with Gasteiger partial charge in [0, 0.05) is 18.6 Å². The van der Waals surface area contributed by atoms with Crippen LogP contribution in [0.2, 0.25) is 0 Å². The summed E-state index contributed by atoms with van der Waals surface area (Å²) in [4.78, 5) is 11.8. The maximum atomic E-state index is 11.8. The van der Waals surface area contributed by atoms with Crippen molar-refractivity contribution in [3.63, 3.8) is 0 Å². The number of ether oxygens (including phenoxy) is 1. The number of rotatable bonds is 5. The van der Waals surface area contributed by atoms with E-state index in [-0.39, 0.29) is 12.1 Å². The van der Waals surface area contributed by atoms with E-state index in [0.717, 1.165) is 0 Å². The molecule has 1 fully saturated rings. The third-order valence-electron chi connectivity index (χ3n) is 4.59. The monoisotopic (exact) mass is 312 g/mol. The quantitative estimate of drug-likeness (QED) is 0.803. The zero-order valence-electron chi connectivity index (χ0n) is 15.6. The summed E-state index contributed by atoms with van der Waals surface area (Å²) in [5, 5.41) is 6.71. The molecule has 2 N–H and O–H groups in total. The van der Waals surface area contributed by atoms with E-state index in [9.17, 15) is 4.79 Å². The molecule has 1 aliphatic rings. The van der Waals surface area contributed by atoms with Crippen LogP contribution < -0.4 is 10.6 Å². The number of carbonyl (C=O) groups is 1. The molecule has 22 heavy (non-hydrogen) atoms. The second-order valence-corrected chi connectivity index (χ2v) is 8.69. The highest BCUT2D eigenvalue weighted by atomic mass is 16.6. The van der Waals surface area contributed by atoms with Gasteiger partial charge in [-0.25, -0.2) is 4.79 Å². The smallest absolute Gasteiger partial charge is 0.407 e. The molecule has 0 bridgehead atoms. The Bertz CT molecular complexity index is 359. The average Bonchev–Trinajstić information content (AvgIpc) is 2.33. The first-order chi connectivity index (χ1) is 10.0. The Kier molecular flexibility index (Phi) is 6.72. The molecule has 1 rings (SSSR count).